The van der Waals surface area contributed by atoms with Gasteiger partial charge in [-0.15, -0.1) is 19.8 Å². The Kier molecular flexibility index (Phi) is 5.29. The van der Waals surface area contributed by atoms with E-state index in [9.17, 15) is 13.2 Å². The molecule has 1 aromatic carbocycles. The summed E-state index contributed by atoms with van der Waals surface area (Å²) in [5, 5.41) is 3.24. The number of nitrogens with zero attached hydrogens (tertiary/aromatic N) is 1. The minimum Gasteiger partial charge on any atom is -0.406 e. The zero-order valence-electron chi connectivity index (χ0n) is 11.3. The van der Waals surface area contributed by atoms with Gasteiger partial charge in [0.05, 0.1) is 6.04 Å². The molecule has 1 aromatic rings. The second-order valence-corrected chi connectivity index (χ2v) is 5.65. The third-order valence-corrected chi connectivity index (χ3v) is 3.69. The lowest BCUT2D eigenvalue weighted by molar-refractivity contribution is -0.274. The fraction of sp³-hybridized carbons (Fsp3) is 0.429. The number of ether oxygens (including phenoxy) is 1. The highest BCUT2D eigenvalue weighted by molar-refractivity contribution is 9.10. The van der Waals surface area contributed by atoms with Gasteiger partial charge in [-0.3, -0.25) is 4.90 Å². The summed E-state index contributed by atoms with van der Waals surface area (Å²) in [6.07, 6.45) is -2.96. The monoisotopic (exact) mass is 364 g/mol. The first-order chi connectivity index (χ1) is 9.89. The van der Waals surface area contributed by atoms with Crippen molar-refractivity contribution in [2.45, 2.75) is 12.4 Å². The topological polar surface area (TPSA) is 24.5 Å². The van der Waals surface area contributed by atoms with Crippen molar-refractivity contribution in [3.05, 3.63) is 40.9 Å². The van der Waals surface area contributed by atoms with Crippen LogP contribution in [0.4, 0.5) is 13.2 Å². The molecule has 0 aromatic heterocycles. The Labute approximate surface area is 129 Å². The second-order valence-electron chi connectivity index (χ2n) is 4.73. The molecule has 1 saturated heterocycles. The minimum atomic E-state index is -4.70. The Morgan fingerprint density at radius 1 is 1.29 bits per heavy atom. The fourth-order valence-electron chi connectivity index (χ4n) is 2.40. The van der Waals surface area contributed by atoms with Gasteiger partial charge in [-0.1, -0.05) is 22.0 Å². The van der Waals surface area contributed by atoms with Gasteiger partial charge in [0.15, 0.2) is 0 Å². The first kappa shape index (κ1) is 16.3. The Morgan fingerprint density at radius 2 is 1.95 bits per heavy atom. The summed E-state index contributed by atoms with van der Waals surface area (Å²) in [5.41, 5.74) is 0.723. The van der Waals surface area contributed by atoms with Crippen LogP contribution in [0.3, 0.4) is 0 Å². The van der Waals surface area contributed by atoms with E-state index in [0.29, 0.717) is 4.47 Å². The molecule has 0 amide bonds. The van der Waals surface area contributed by atoms with Crippen molar-refractivity contribution in [2.24, 2.45) is 0 Å². The van der Waals surface area contributed by atoms with E-state index in [-0.39, 0.29) is 11.8 Å². The van der Waals surface area contributed by atoms with E-state index in [2.05, 4.69) is 37.5 Å². The van der Waals surface area contributed by atoms with Crippen molar-refractivity contribution in [1.82, 2.24) is 10.2 Å². The number of alkyl halides is 3. The molecule has 0 spiro atoms. The van der Waals surface area contributed by atoms with Gasteiger partial charge in [0.1, 0.15) is 5.75 Å². The highest BCUT2D eigenvalue weighted by atomic mass is 79.9. The molecule has 0 radical (unpaired) electrons. The van der Waals surface area contributed by atoms with Gasteiger partial charge in [0.25, 0.3) is 0 Å². The number of nitrogens with one attached hydrogen (secondary N) is 1. The van der Waals surface area contributed by atoms with Crippen molar-refractivity contribution >= 4 is 15.9 Å². The molecular weight excluding hydrogens is 349 g/mol. The Balaban J connectivity index is 2.26. The molecule has 1 aliphatic heterocycles. The number of hydrogen-bond acceptors (Lipinski definition) is 3. The lowest BCUT2D eigenvalue weighted by Gasteiger charge is -2.33. The van der Waals surface area contributed by atoms with Crippen LogP contribution < -0.4 is 10.1 Å². The van der Waals surface area contributed by atoms with Crippen LogP contribution in [0.1, 0.15) is 11.6 Å². The van der Waals surface area contributed by atoms with Crippen molar-refractivity contribution in [3.63, 3.8) is 0 Å². The number of halogens is 4. The lowest BCUT2D eigenvalue weighted by Crippen LogP contribution is -2.44. The molecule has 0 bridgehead atoms. The van der Waals surface area contributed by atoms with E-state index in [1.165, 1.54) is 12.1 Å². The maximum atomic E-state index is 12.4. The van der Waals surface area contributed by atoms with Crippen LogP contribution in [-0.4, -0.2) is 37.4 Å². The summed E-state index contributed by atoms with van der Waals surface area (Å²) >= 11 is 3.23. The molecule has 0 saturated carbocycles. The van der Waals surface area contributed by atoms with Crippen LogP contribution in [0.5, 0.6) is 5.75 Å². The van der Waals surface area contributed by atoms with Crippen LogP contribution in [-0.2, 0) is 0 Å². The maximum Gasteiger partial charge on any atom is 0.573 e. The summed E-state index contributed by atoms with van der Waals surface area (Å²) in [6.45, 7) is 7.15. The average Bonchev–Trinajstić information content (AvgIpc) is 2.38. The molecule has 1 heterocycles. The molecular formula is C14H16BrF3N2O. The second kappa shape index (κ2) is 6.81. The molecule has 7 heteroatoms. The Hall–Kier alpha value is -1.05. The van der Waals surface area contributed by atoms with E-state index in [1.807, 2.05) is 0 Å². The predicted molar refractivity (Wildman–Crippen MR) is 78.2 cm³/mol. The molecule has 1 N–H and O–H groups in total. The fourth-order valence-corrected chi connectivity index (χ4v) is 2.89. The summed E-state index contributed by atoms with van der Waals surface area (Å²) < 4.78 is 41.7. The Bertz CT molecular complexity index is 501. The Morgan fingerprint density at radius 3 is 2.52 bits per heavy atom. The lowest BCUT2D eigenvalue weighted by atomic mass is 10.0. The molecule has 1 atom stereocenters. The van der Waals surface area contributed by atoms with Crippen LogP contribution in [0, 0.1) is 0 Å². The summed E-state index contributed by atoms with van der Waals surface area (Å²) in [5.74, 6) is -0.228. The van der Waals surface area contributed by atoms with Crippen LogP contribution >= 0.6 is 15.9 Å². The number of benzene rings is 1. The number of rotatable bonds is 4. The van der Waals surface area contributed by atoms with E-state index < -0.39 is 6.36 Å². The van der Waals surface area contributed by atoms with Gasteiger partial charge < -0.3 is 10.1 Å². The van der Waals surface area contributed by atoms with Crippen molar-refractivity contribution < 1.29 is 17.9 Å². The number of piperazine rings is 1. The van der Waals surface area contributed by atoms with Crippen LogP contribution in [0.15, 0.2) is 35.3 Å². The molecule has 116 valence electrons. The highest BCUT2D eigenvalue weighted by Crippen LogP contribution is 2.32. The van der Waals surface area contributed by atoms with Gasteiger partial charge in [-0.25, -0.2) is 0 Å². The molecule has 1 fully saturated rings. The predicted octanol–water partition coefficient (Wildman–Crippen LogP) is 3.48. The average molecular weight is 365 g/mol. The van der Waals surface area contributed by atoms with Gasteiger partial charge in [0.2, 0.25) is 0 Å². The minimum absolute atomic E-state index is 0.139. The SMILES string of the molecule is C=C[C@@H](c1cc(Br)cc(OC(F)(F)F)c1)N1CCNCC1. The molecule has 0 unspecified atom stereocenters. The molecule has 0 aliphatic carbocycles. The highest BCUT2D eigenvalue weighted by Gasteiger charge is 2.31. The standard InChI is InChI=1S/C14H16BrF3N2O/c1-2-13(20-5-3-19-4-6-20)10-7-11(15)9-12(8-10)21-14(16,17)18/h2,7-9,13,19H,1,3-6H2/t13-/m0/s1. The largest absolute Gasteiger partial charge is 0.573 e. The van der Waals surface area contributed by atoms with Gasteiger partial charge >= 0.3 is 6.36 Å². The number of hydrogen-bond donors (Lipinski definition) is 1. The first-order valence-corrected chi connectivity index (χ1v) is 7.32. The molecule has 3 nitrogen and oxygen atoms in total. The van der Waals surface area contributed by atoms with Gasteiger partial charge in [-0.05, 0) is 23.8 Å². The summed E-state index contributed by atoms with van der Waals surface area (Å²) in [7, 11) is 0. The van der Waals surface area contributed by atoms with Crippen LogP contribution in [0.25, 0.3) is 0 Å². The van der Waals surface area contributed by atoms with E-state index in [0.717, 1.165) is 31.7 Å². The summed E-state index contributed by atoms with van der Waals surface area (Å²) in [6, 6.07) is 4.36. The molecule has 2 rings (SSSR count). The van der Waals surface area contributed by atoms with E-state index in [1.54, 1.807) is 12.1 Å². The van der Waals surface area contributed by atoms with Crippen molar-refractivity contribution in [3.8, 4) is 5.75 Å². The first-order valence-electron chi connectivity index (χ1n) is 6.52. The zero-order valence-corrected chi connectivity index (χ0v) is 12.9. The van der Waals surface area contributed by atoms with Gasteiger partial charge in [0, 0.05) is 30.7 Å². The summed E-state index contributed by atoms with van der Waals surface area (Å²) in [4.78, 5) is 2.17. The third-order valence-electron chi connectivity index (χ3n) is 3.24. The third kappa shape index (κ3) is 4.72. The smallest absolute Gasteiger partial charge is 0.406 e. The van der Waals surface area contributed by atoms with Crippen LogP contribution in [0.2, 0.25) is 0 Å². The normalized spacial score (nSPS) is 18.3. The maximum absolute atomic E-state index is 12.4. The van der Waals surface area contributed by atoms with Gasteiger partial charge in [-0.2, -0.15) is 0 Å². The molecule has 21 heavy (non-hydrogen) atoms. The van der Waals surface area contributed by atoms with Crippen molar-refractivity contribution in [1.29, 1.82) is 0 Å². The van der Waals surface area contributed by atoms with E-state index >= 15 is 0 Å². The van der Waals surface area contributed by atoms with E-state index in [4.69, 9.17) is 0 Å². The zero-order chi connectivity index (χ0) is 15.5. The van der Waals surface area contributed by atoms with Crippen molar-refractivity contribution in [2.75, 3.05) is 26.2 Å². The quantitative estimate of drug-likeness (QED) is 0.827. The molecule has 1 aliphatic rings.